The molecule has 1 unspecified atom stereocenters. The van der Waals surface area contributed by atoms with Crippen LogP contribution in [0, 0.1) is 16.7 Å². The summed E-state index contributed by atoms with van der Waals surface area (Å²) in [7, 11) is 0. The van der Waals surface area contributed by atoms with Crippen LogP contribution in [0.2, 0.25) is 0 Å². The second kappa shape index (κ2) is 8.05. The van der Waals surface area contributed by atoms with Crippen molar-refractivity contribution in [2.75, 3.05) is 29.4 Å². The van der Waals surface area contributed by atoms with Crippen molar-refractivity contribution in [3.8, 4) is 6.07 Å². The maximum atomic E-state index is 9.49. The van der Waals surface area contributed by atoms with E-state index in [1.54, 1.807) is 6.20 Å². The number of aromatic nitrogens is 3. The molecule has 0 saturated carbocycles. The van der Waals surface area contributed by atoms with Gasteiger partial charge in [-0.05, 0) is 55.9 Å². The van der Waals surface area contributed by atoms with E-state index in [0.29, 0.717) is 22.9 Å². The smallest absolute Gasteiger partial charge is 0.130 e. The standard InChI is InChI=1S/C26H30N6/c1-18(2)25-29-15-21(16-30-25)31-11-8-26(9-12-31)13-19(3)32(17-26)23-7-6-20(14-27)24-22(23)5-4-10-28-24/h4-7,10,15-16,18-19H,8-9,11-13,17H2,1-3H3. The average Bonchev–Trinajstić information content (AvgIpc) is 3.14. The molecule has 5 rings (SSSR count). The van der Waals surface area contributed by atoms with Crippen molar-refractivity contribution in [3.63, 3.8) is 0 Å². The van der Waals surface area contributed by atoms with Crippen LogP contribution in [0.1, 0.15) is 57.3 Å². The highest BCUT2D eigenvalue weighted by atomic mass is 15.2. The molecule has 1 spiro atoms. The Bertz CT molecular complexity index is 1160. The summed E-state index contributed by atoms with van der Waals surface area (Å²) in [5.74, 6) is 1.26. The molecule has 6 heteroatoms. The first-order chi connectivity index (χ1) is 15.5. The number of piperidine rings is 1. The van der Waals surface area contributed by atoms with Gasteiger partial charge in [0.1, 0.15) is 11.9 Å². The van der Waals surface area contributed by atoms with Gasteiger partial charge in [0.2, 0.25) is 0 Å². The molecule has 0 radical (unpaired) electrons. The number of pyridine rings is 1. The Morgan fingerprint density at radius 2 is 1.84 bits per heavy atom. The van der Waals surface area contributed by atoms with E-state index in [-0.39, 0.29) is 0 Å². The lowest BCUT2D eigenvalue weighted by atomic mass is 9.76. The normalized spacial score (nSPS) is 20.3. The maximum Gasteiger partial charge on any atom is 0.130 e. The molecule has 2 saturated heterocycles. The molecule has 0 bridgehead atoms. The molecule has 2 aliphatic heterocycles. The number of anilines is 2. The van der Waals surface area contributed by atoms with E-state index in [1.165, 1.54) is 24.9 Å². The van der Waals surface area contributed by atoms with Gasteiger partial charge in [0.15, 0.2) is 0 Å². The molecule has 2 fully saturated rings. The molecule has 6 nitrogen and oxygen atoms in total. The van der Waals surface area contributed by atoms with E-state index in [0.717, 1.165) is 42.0 Å². The lowest BCUT2D eigenvalue weighted by Crippen LogP contribution is -2.41. The summed E-state index contributed by atoms with van der Waals surface area (Å²) in [6, 6.07) is 10.9. The molecule has 1 atom stereocenters. The van der Waals surface area contributed by atoms with Crippen LogP contribution in [0.15, 0.2) is 42.9 Å². The van der Waals surface area contributed by atoms with Crippen LogP contribution in [0.5, 0.6) is 0 Å². The van der Waals surface area contributed by atoms with Gasteiger partial charge in [-0.2, -0.15) is 5.26 Å². The molecule has 2 aliphatic rings. The second-order valence-electron chi connectivity index (χ2n) is 9.77. The van der Waals surface area contributed by atoms with Gasteiger partial charge in [0, 0.05) is 48.9 Å². The van der Waals surface area contributed by atoms with Crippen molar-refractivity contribution in [1.82, 2.24) is 15.0 Å². The van der Waals surface area contributed by atoms with Crippen LogP contribution in [-0.2, 0) is 0 Å². The van der Waals surface area contributed by atoms with Crippen LogP contribution in [0.3, 0.4) is 0 Å². The summed E-state index contributed by atoms with van der Waals surface area (Å²) in [6.07, 6.45) is 9.29. The van der Waals surface area contributed by atoms with E-state index in [1.807, 2.05) is 24.5 Å². The maximum absolute atomic E-state index is 9.49. The van der Waals surface area contributed by atoms with Gasteiger partial charge in [-0.3, -0.25) is 4.98 Å². The average molecular weight is 427 g/mol. The van der Waals surface area contributed by atoms with E-state index in [4.69, 9.17) is 0 Å². The largest absolute Gasteiger partial charge is 0.369 e. The van der Waals surface area contributed by atoms with E-state index in [2.05, 4.69) is 63.7 Å². The monoisotopic (exact) mass is 426 g/mol. The quantitative estimate of drug-likeness (QED) is 0.593. The molecule has 164 valence electrons. The fraction of sp³-hybridized carbons (Fsp3) is 0.462. The van der Waals surface area contributed by atoms with Gasteiger partial charge in [-0.25, -0.2) is 9.97 Å². The number of nitrogens with zero attached hydrogens (tertiary/aromatic N) is 6. The van der Waals surface area contributed by atoms with Gasteiger partial charge in [0.05, 0.1) is 29.2 Å². The van der Waals surface area contributed by atoms with Crippen molar-refractivity contribution in [2.24, 2.45) is 5.41 Å². The molecule has 4 heterocycles. The topological polar surface area (TPSA) is 68.9 Å². The number of nitriles is 1. The number of fused-ring (bicyclic) bond motifs is 1. The van der Waals surface area contributed by atoms with Gasteiger partial charge < -0.3 is 9.80 Å². The molecule has 32 heavy (non-hydrogen) atoms. The zero-order chi connectivity index (χ0) is 22.3. The Labute approximate surface area is 189 Å². The van der Waals surface area contributed by atoms with Crippen molar-refractivity contribution < 1.29 is 0 Å². The van der Waals surface area contributed by atoms with Crippen molar-refractivity contribution >= 4 is 22.3 Å². The van der Waals surface area contributed by atoms with Gasteiger partial charge in [0.25, 0.3) is 0 Å². The third-order valence-electron chi connectivity index (χ3n) is 7.31. The Kier molecular flexibility index (Phi) is 5.21. The van der Waals surface area contributed by atoms with E-state index >= 15 is 0 Å². The molecule has 0 aliphatic carbocycles. The van der Waals surface area contributed by atoms with E-state index in [9.17, 15) is 5.26 Å². The molecular weight excluding hydrogens is 396 g/mol. The number of rotatable bonds is 3. The van der Waals surface area contributed by atoms with E-state index < -0.39 is 0 Å². The molecular formula is C26H30N6. The summed E-state index contributed by atoms with van der Waals surface area (Å²) in [4.78, 5) is 18.6. The van der Waals surface area contributed by atoms with Gasteiger partial charge in [-0.1, -0.05) is 13.8 Å². The van der Waals surface area contributed by atoms with Crippen LogP contribution >= 0.6 is 0 Å². The zero-order valence-electron chi connectivity index (χ0n) is 19.1. The first-order valence-corrected chi connectivity index (χ1v) is 11.6. The Morgan fingerprint density at radius 3 is 2.53 bits per heavy atom. The first-order valence-electron chi connectivity index (χ1n) is 11.6. The lowest BCUT2D eigenvalue weighted by molar-refractivity contribution is 0.245. The molecule has 0 N–H and O–H groups in total. The number of hydrogen-bond donors (Lipinski definition) is 0. The molecule has 2 aromatic heterocycles. The molecule has 0 amide bonds. The van der Waals surface area contributed by atoms with Crippen molar-refractivity contribution in [1.29, 1.82) is 5.26 Å². The highest BCUT2D eigenvalue weighted by molar-refractivity contribution is 5.95. The number of benzene rings is 1. The molecule has 3 aromatic rings. The SMILES string of the molecule is CC(C)c1ncc(N2CCC3(CC2)CC(C)N(c2ccc(C#N)c4ncccc24)C3)cn1. The third-order valence-corrected chi connectivity index (χ3v) is 7.31. The van der Waals surface area contributed by atoms with Gasteiger partial charge in [-0.15, -0.1) is 0 Å². The Balaban J connectivity index is 1.34. The summed E-state index contributed by atoms with van der Waals surface area (Å²) in [5, 5.41) is 10.6. The first kappa shape index (κ1) is 20.7. The minimum absolute atomic E-state index is 0.330. The zero-order valence-corrected chi connectivity index (χ0v) is 19.1. The minimum Gasteiger partial charge on any atom is -0.369 e. The third kappa shape index (κ3) is 3.56. The second-order valence-corrected chi connectivity index (χ2v) is 9.77. The van der Waals surface area contributed by atoms with Gasteiger partial charge >= 0.3 is 0 Å². The summed E-state index contributed by atoms with van der Waals surface area (Å²) < 4.78 is 0. The summed E-state index contributed by atoms with van der Waals surface area (Å²) in [5.41, 5.74) is 4.12. The van der Waals surface area contributed by atoms with Crippen LogP contribution in [-0.4, -0.2) is 40.6 Å². The van der Waals surface area contributed by atoms with Crippen LogP contribution in [0.4, 0.5) is 11.4 Å². The summed E-state index contributed by atoms with van der Waals surface area (Å²) in [6.45, 7) is 9.72. The minimum atomic E-state index is 0.330. The van der Waals surface area contributed by atoms with Crippen LogP contribution in [0.25, 0.3) is 10.9 Å². The Hall–Kier alpha value is -3.20. The van der Waals surface area contributed by atoms with Crippen molar-refractivity contribution in [3.05, 3.63) is 54.2 Å². The Morgan fingerprint density at radius 1 is 1.09 bits per heavy atom. The predicted molar refractivity (Wildman–Crippen MR) is 128 cm³/mol. The lowest BCUT2D eigenvalue weighted by Gasteiger charge is -2.40. The van der Waals surface area contributed by atoms with Crippen LogP contribution < -0.4 is 9.80 Å². The highest BCUT2D eigenvalue weighted by Crippen LogP contribution is 2.46. The van der Waals surface area contributed by atoms with Crippen molar-refractivity contribution in [2.45, 2.75) is 52.0 Å². The number of hydrogen-bond acceptors (Lipinski definition) is 6. The fourth-order valence-corrected chi connectivity index (χ4v) is 5.53. The highest BCUT2D eigenvalue weighted by Gasteiger charge is 2.44. The summed E-state index contributed by atoms with van der Waals surface area (Å²) >= 11 is 0. The fourth-order valence-electron chi connectivity index (χ4n) is 5.53. The predicted octanol–water partition coefficient (Wildman–Crippen LogP) is 4.91. The molecule has 1 aromatic carbocycles.